The molecule has 32 heavy (non-hydrogen) atoms. The Hall–Kier alpha value is -2.96. The predicted molar refractivity (Wildman–Crippen MR) is 123 cm³/mol. The molecule has 2 aliphatic rings. The summed E-state index contributed by atoms with van der Waals surface area (Å²) in [6.07, 6.45) is 0.916. The largest absolute Gasteiger partial charge is 0.340 e. The van der Waals surface area contributed by atoms with Gasteiger partial charge in [0.2, 0.25) is 15.9 Å². The van der Waals surface area contributed by atoms with Crippen LogP contribution in [0.2, 0.25) is 0 Å². The van der Waals surface area contributed by atoms with E-state index < -0.39 is 15.6 Å². The maximum Gasteiger partial charge on any atom is 0.244 e. The fourth-order valence-corrected chi connectivity index (χ4v) is 7.02. The van der Waals surface area contributed by atoms with Crippen molar-refractivity contribution in [1.82, 2.24) is 9.21 Å². The van der Waals surface area contributed by atoms with Gasteiger partial charge in [-0.25, -0.2) is 8.42 Å². The summed E-state index contributed by atoms with van der Waals surface area (Å²) in [7, 11) is -3.66. The molecule has 0 N–H and O–H groups in total. The summed E-state index contributed by atoms with van der Waals surface area (Å²) in [5.41, 5.74) is 3.12. The highest BCUT2D eigenvalue weighted by atomic mass is 32.2. The van der Waals surface area contributed by atoms with Crippen LogP contribution in [-0.2, 0) is 33.3 Å². The Morgan fingerprint density at radius 3 is 2.34 bits per heavy atom. The molecule has 2 heterocycles. The van der Waals surface area contributed by atoms with Gasteiger partial charge in [0.25, 0.3) is 0 Å². The Morgan fingerprint density at radius 1 is 0.906 bits per heavy atom. The second kappa shape index (κ2) is 7.87. The molecule has 1 atom stereocenters. The number of rotatable bonds is 4. The molecule has 1 fully saturated rings. The maximum atomic E-state index is 13.6. The number of carbonyl (C=O) groups excluding carboxylic acids is 1. The van der Waals surface area contributed by atoms with E-state index in [9.17, 15) is 13.2 Å². The highest BCUT2D eigenvalue weighted by molar-refractivity contribution is 7.89. The van der Waals surface area contributed by atoms with Gasteiger partial charge in [0, 0.05) is 19.6 Å². The summed E-state index contributed by atoms with van der Waals surface area (Å²) < 4.78 is 28.8. The van der Waals surface area contributed by atoms with Crippen LogP contribution in [0, 0.1) is 6.92 Å². The van der Waals surface area contributed by atoms with Crippen molar-refractivity contribution in [2.24, 2.45) is 0 Å². The minimum atomic E-state index is -3.66. The van der Waals surface area contributed by atoms with Crippen LogP contribution >= 0.6 is 0 Å². The zero-order valence-corrected chi connectivity index (χ0v) is 18.9. The van der Waals surface area contributed by atoms with E-state index >= 15 is 0 Å². The number of benzene rings is 3. The molecule has 1 spiro atoms. The molecule has 1 amide bonds. The minimum absolute atomic E-state index is 0.0325. The highest BCUT2D eigenvalue weighted by Gasteiger charge is 2.57. The third kappa shape index (κ3) is 3.44. The van der Waals surface area contributed by atoms with Crippen LogP contribution in [0.15, 0.2) is 83.8 Å². The molecule has 2 aliphatic heterocycles. The van der Waals surface area contributed by atoms with Gasteiger partial charge in [-0.2, -0.15) is 4.31 Å². The van der Waals surface area contributed by atoms with Gasteiger partial charge in [0.15, 0.2) is 0 Å². The van der Waals surface area contributed by atoms with Gasteiger partial charge >= 0.3 is 0 Å². The highest BCUT2D eigenvalue weighted by Crippen LogP contribution is 2.50. The van der Waals surface area contributed by atoms with E-state index in [-0.39, 0.29) is 12.5 Å². The van der Waals surface area contributed by atoms with E-state index in [1.165, 1.54) is 0 Å². The topological polar surface area (TPSA) is 57.7 Å². The zero-order chi connectivity index (χ0) is 22.3. The zero-order valence-electron chi connectivity index (χ0n) is 18.1. The molecule has 3 aromatic carbocycles. The summed E-state index contributed by atoms with van der Waals surface area (Å²) in [5.74, 6) is 0.0325. The molecule has 5 nitrogen and oxygen atoms in total. The summed E-state index contributed by atoms with van der Waals surface area (Å²) in [6, 6.07) is 24.9. The first-order valence-electron chi connectivity index (χ1n) is 10.9. The molecule has 164 valence electrons. The van der Waals surface area contributed by atoms with Crippen molar-refractivity contribution in [3.63, 3.8) is 0 Å². The van der Waals surface area contributed by atoms with Crippen LogP contribution in [0.3, 0.4) is 0 Å². The molecule has 1 saturated heterocycles. The Morgan fingerprint density at radius 2 is 1.59 bits per heavy atom. The fourth-order valence-electron chi connectivity index (χ4n) is 4.97. The molecule has 3 aromatic rings. The van der Waals surface area contributed by atoms with Crippen LogP contribution in [0.1, 0.15) is 28.7 Å². The van der Waals surface area contributed by atoms with Gasteiger partial charge in [-0.05, 0) is 36.1 Å². The molecule has 0 aliphatic carbocycles. The van der Waals surface area contributed by atoms with Gasteiger partial charge in [0.05, 0.1) is 16.9 Å². The van der Waals surface area contributed by atoms with E-state index in [1.807, 2.05) is 78.6 Å². The first-order valence-corrected chi connectivity index (χ1v) is 12.3. The fraction of sp³-hybridized carbons (Fsp3) is 0.269. The van der Waals surface area contributed by atoms with Crippen molar-refractivity contribution in [2.45, 2.75) is 36.7 Å². The number of aryl methyl sites for hydroxylation is 1. The number of carbonyl (C=O) groups is 1. The number of nitrogens with zero attached hydrogens (tertiary/aromatic N) is 2. The van der Waals surface area contributed by atoms with Crippen molar-refractivity contribution in [3.8, 4) is 0 Å². The normalized spacial score (nSPS) is 21.7. The van der Waals surface area contributed by atoms with Crippen LogP contribution in [0.4, 0.5) is 0 Å². The van der Waals surface area contributed by atoms with Crippen LogP contribution < -0.4 is 0 Å². The van der Waals surface area contributed by atoms with Crippen molar-refractivity contribution in [1.29, 1.82) is 0 Å². The van der Waals surface area contributed by atoms with Gasteiger partial charge in [-0.3, -0.25) is 4.79 Å². The first-order chi connectivity index (χ1) is 15.4. The quantitative estimate of drug-likeness (QED) is 0.611. The lowest BCUT2D eigenvalue weighted by atomic mass is 9.88. The third-order valence-corrected chi connectivity index (χ3v) is 8.65. The SMILES string of the molecule is Cc1ccc(CN2[C@]3(CCN(C(=O)Cc4ccccc4)C3)c3ccccc3S2(=O)=O)cc1. The lowest BCUT2D eigenvalue weighted by molar-refractivity contribution is -0.129. The molecule has 0 radical (unpaired) electrons. The lowest BCUT2D eigenvalue weighted by Gasteiger charge is -2.34. The van der Waals surface area contributed by atoms with Crippen LogP contribution in [-0.4, -0.2) is 36.6 Å². The van der Waals surface area contributed by atoms with E-state index in [2.05, 4.69) is 0 Å². The number of hydrogen-bond acceptors (Lipinski definition) is 3. The van der Waals surface area contributed by atoms with E-state index in [0.717, 1.165) is 22.3 Å². The summed E-state index contributed by atoms with van der Waals surface area (Å²) in [6.45, 7) is 3.22. The number of amides is 1. The Balaban J connectivity index is 1.49. The number of hydrogen-bond donors (Lipinski definition) is 0. The molecule has 5 rings (SSSR count). The average molecular weight is 447 g/mol. The monoisotopic (exact) mass is 446 g/mol. The molecular formula is C26H26N2O3S. The third-order valence-electron chi connectivity index (χ3n) is 6.68. The van der Waals surface area contributed by atoms with E-state index in [1.54, 1.807) is 16.4 Å². The van der Waals surface area contributed by atoms with E-state index in [4.69, 9.17) is 0 Å². The van der Waals surface area contributed by atoms with Gasteiger partial charge < -0.3 is 4.90 Å². The van der Waals surface area contributed by atoms with Gasteiger partial charge in [-0.1, -0.05) is 78.4 Å². The van der Waals surface area contributed by atoms with Gasteiger partial charge in [0.1, 0.15) is 0 Å². The predicted octanol–water partition coefficient (Wildman–Crippen LogP) is 3.87. The van der Waals surface area contributed by atoms with Crippen LogP contribution in [0.5, 0.6) is 0 Å². The van der Waals surface area contributed by atoms with Crippen molar-refractivity contribution in [3.05, 3.63) is 101 Å². The molecule has 0 aromatic heterocycles. The van der Waals surface area contributed by atoms with Crippen LogP contribution in [0.25, 0.3) is 0 Å². The number of sulfonamides is 1. The smallest absolute Gasteiger partial charge is 0.244 e. The van der Waals surface area contributed by atoms with Crippen molar-refractivity contribution in [2.75, 3.05) is 13.1 Å². The first kappa shape index (κ1) is 20.9. The summed E-state index contributed by atoms with van der Waals surface area (Å²) in [4.78, 5) is 15.3. The second-order valence-corrected chi connectivity index (χ2v) is 10.6. The molecule has 0 saturated carbocycles. The summed E-state index contributed by atoms with van der Waals surface area (Å²) in [5, 5.41) is 0. The Labute approximate surface area is 189 Å². The lowest BCUT2D eigenvalue weighted by Crippen LogP contribution is -2.46. The molecule has 6 heteroatoms. The minimum Gasteiger partial charge on any atom is -0.340 e. The average Bonchev–Trinajstić information content (AvgIpc) is 3.32. The van der Waals surface area contributed by atoms with Crippen molar-refractivity contribution >= 4 is 15.9 Å². The molecule has 0 unspecified atom stereocenters. The number of fused-ring (bicyclic) bond motifs is 2. The number of likely N-dealkylation sites (tertiary alicyclic amines) is 1. The second-order valence-electron chi connectivity index (χ2n) is 8.75. The Bertz CT molecular complexity index is 1260. The Kier molecular flexibility index (Phi) is 5.14. The summed E-state index contributed by atoms with van der Waals surface area (Å²) >= 11 is 0. The maximum absolute atomic E-state index is 13.6. The van der Waals surface area contributed by atoms with Crippen molar-refractivity contribution < 1.29 is 13.2 Å². The molecule has 0 bridgehead atoms. The molecular weight excluding hydrogens is 420 g/mol. The van der Waals surface area contributed by atoms with E-state index in [0.29, 0.717) is 30.8 Å². The standard InChI is InChI=1S/C26H26N2O3S/c1-20-11-13-22(14-12-20)18-28-26(23-9-5-6-10-24(23)32(28,30)31)15-16-27(19-26)25(29)17-21-7-3-2-4-8-21/h2-14H,15-19H2,1H3/t26-/m0/s1. The van der Waals surface area contributed by atoms with Gasteiger partial charge in [-0.15, -0.1) is 0 Å².